The summed E-state index contributed by atoms with van der Waals surface area (Å²) >= 11 is 0. The van der Waals surface area contributed by atoms with E-state index in [0.29, 0.717) is 45.1 Å². The first kappa shape index (κ1) is 16.1. The Hall–Kier alpha value is -2.38. The zero-order valence-electron chi connectivity index (χ0n) is 14.2. The van der Waals surface area contributed by atoms with Gasteiger partial charge in [-0.1, -0.05) is 12.1 Å². The van der Waals surface area contributed by atoms with Gasteiger partial charge >= 0.3 is 0 Å². The van der Waals surface area contributed by atoms with E-state index in [2.05, 4.69) is 4.98 Å². The molecule has 4 rings (SSSR count). The lowest BCUT2D eigenvalue weighted by Gasteiger charge is -2.28. The summed E-state index contributed by atoms with van der Waals surface area (Å²) in [6.45, 7) is 3.41. The predicted molar refractivity (Wildman–Crippen MR) is 89.5 cm³/mol. The highest BCUT2D eigenvalue weighted by Crippen LogP contribution is 2.29. The smallest absolute Gasteiger partial charge is 0.274 e. The largest absolute Gasteiger partial charge is 0.497 e. The van der Waals surface area contributed by atoms with Gasteiger partial charge in [0.25, 0.3) is 5.91 Å². The Morgan fingerprint density at radius 2 is 2.00 bits per heavy atom. The van der Waals surface area contributed by atoms with Crippen molar-refractivity contribution in [3.8, 4) is 5.75 Å². The molecule has 1 amide bonds. The molecular formula is C18H21N3O4. The van der Waals surface area contributed by atoms with Crippen LogP contribution in [0.4, 0.5) is 0 Å². The van der Waals surface area contributed by atoms with Crippen LogP contribution in [0.15, 0.2) is 30.6 Å². The maximum atomic E-state index is 12.7. The molecule has 25 heavy (non-hydrogen) atoms. The number of rotatable bonds is 3. The van der Waals surface area contributed by atoms with Gasteiger partial charge in [0.05, 0.1) is 45.5 Å². The van der Waals surface area contributed by atoms with Gasteiger partial charge in [-0.25, -0.2) is 4.98 Å². The van der Waals surface area contributed by atoms with Crippen LogP contribution in [0.2, 0.25) is 0 Å². The number of methoxy groups -OCH3 is 1. The summed E-state index contributed by atoms with van der Waals surface area (Å²) in [6.07, 6.45) is 1.68. The molecule has 3 heterocycles. The third-order valence-corrected chi connectivity index (χ3v) is 4.72. The van der Waals surface area contributed by atoms with E-state index in [0.717, 1.165) is 17.0 Å². The Balaban J connectivity index is 1.50. The van der Waals surface area contributed by atoms with Gasteiger partial charge in [0, 0.05) is 13.1 Å². The number of morpholine rings is 1. The van der Waals surface area contributed by atoms with Gasteiger partial charge < -0.3 is 23.7 Å². The summed E-state index contributed by atoms with van der Waals surface area (Å²) in [6, 6.07) is 7.86. The molecule has 2 aliphatic rings. The Morgan fingerprint density at radius 1 is 1.24 bits per heavy atom. The fourth-order valence-electron chi connectivity index (χ4n) is 3.24. The minimum atomic E-state index is -0.0565. The first-order chi connectivity index (χ1) is 12.3. The average Bonchev–Trinajstić information content (AvgIpc) is 3.11. The second kappa shape index (κ2) is 6.85. The van der Waals surface area contributed by atoms with E-state index in [-0.39, 0.29) is 12.0 Å². The molecule has 0 bridgehead atoms. The SMILES string of the molecule is COc1ccc(C2Cn3cnc(C(=O)N4CCOCC4)c3CO2)cc1. The second-order valence-electron chi connectivity index (χ2n) is 6.17. The summed E-state index contributed by atoms with van der Waals surface area (Å²) in [5.74, 6) is 0.782. The molecule has 7 heteroatoms. The molecule has 2 aromatic rings. The average molecular weight is 343 g/mol. The van der Waals surface area contributed by atoms with Gasteiger partial charge in [0.1, 0.15) is 11.9 Å². The van der Waals surface area contributed by atoms with Crippen molar-refractivity contribution in [2.75, 3.05) is 33.4 Å². The van der Waals surface area contributed by atoms with Gasteiger partial charge in [-0.15, -0.1) is 0 Å². The van der Waals surface area contributed by atoms with E-state index in [1.54, 1.807) is 18.3 Å². The number of carbonyl (C=O) groups is 1. The van der Waals surface area contributed by atoms with Crippen LogP contribution in [0.3, 0.4) is 0 Å². The van der Waals surface area contributed by atoms with Crippen molar-refractivity contribution in [2.45, 2.75) is 19.3 Å². The number of benzene rings is 1. The third-order valence-electron chi connectivity index (χ3n) is 4.72. The summed E-state index contributed by atoms with van der Waals surface area (Å²) in [7, 11) is 1.65. The summed E-state index contributed by atoms with van der Waals surface area (Å²) in [4.78, 5) is 18.8. The molecular weight excluding hydrogens is 322 g/mol. The van der Waals surface area contributed by atoms with Gasteiger partial charge in [0.15, 0.2) is 5.69 Å². The van der Waals surface area contributed by atoms with Gasteiger partial charge in [-0.05, 0) is 17.7 Å². The first-order valence-electron chi connectivity index (χ1n) is 8.43. The molecule has 0 saturated carbocycles. The van der Waals surface area contributed by atoms with E-state index in [9.17, 15) is 4.79 Å². The minimum Gasteiger partial charge on any atom is -0.497 e. The number of imidazole rings is 1. The number of hydrogen-bond donors (Lipinski definition) is 0. The van der Waals surface area contributed by atoms with Crippen molar-refractivity contribution in [1.82, 2.24) is 14.5 Å². The maximum Gasteiger partial charge on any atom is 0.274 e. The Morgan fingerprint density at radius 3 is 2.72 bits per heavy atom. The normalized spacial score (nSPS) is 20.2. The number of carbonyl (C=O) groups excluding carboxylic acids is 1. The Bertz CT molecular complexity index is 750. The van der Waals surface area contributed by atoms with E-state index in [1.807, 2.05) is 28.8 Å². The second-order valence-corrected chi connectivity index (χ2v) is 6.17. The third kappa shape index (κ3) is 3.12. The summed E-state index contributed by atoms with van der Waals surface area (Å²) in [5, 5.41) is 0. The lowest BCUT2D eigenvalue weighted by molar-refractivity contribution is 0.00170. The van der Waals surface area contributed by atoms with Crippen molar-refractivity contribution >= 4 is 5.91 Å². The predicted octanol–water partition coefficient (Wildman–Crippen LogP) is 1.64. The highest BCUT2D eigenvalue weighted by Gasteiger charge is 2.29. The number of ether oxygens (including phenoxy) is 3. The number of fused-ring (bicyclic) bond motifs is 1. The van der Waals surface area contributed by atoms with Gasteiger partial charge in [0.2, 0.25) is 0 Å². The molecule has 1 aromatic heterocycles. The Kier molecular flexibility index (Phi) is 4.42. The van der Waals surface area contributed by atoms with E-state index >= 15 is 0 Å². The maximum absolute atomic E-state index is 12.7. The van der Waals surface area contributed by atoms with Gasteiger partial charge in [-0.2, -0.15) is 0 Å². The molecule has 0 aliphatic carbocycles. The highest BCUT2D eigenvalue weighted by molar-refractivity contribution is 5.93. The first-order valence-corrected chi connectivity index (χ1v) is 8.43. The standard InChI is InChI=1S/C18H21N3O4/c1-23-14-4-2-13(3-5-14)16-10-21-12-19-17(15(21)11-25-16)18(22)20-6-8-24-9-7-20/h2-5,12,16H,6-11H2,1H3. The van der Waals surface area contributed by atoms with Crippen LogP contribution in [0, 0.1) is 0 Å². The van der Waals surface area contributed by atoms with Crippen LogP contribution in [0.1, 0.15) is 27.8 Å². The van der Waals surface area contributed by atoms with E-state index in [1.165, 1.54) is 0 Å². The molecule has 1 aromatic carbocycles. The molecule has 0 N–H and O–H groups in total. The van der Waals surface area contributed by atoms with E-state index in [4.69, 9.17) is 14.2 Å². The van der Waals surface area contributed by atoms with Crippen LogP contribution in [-0.4, -0.2) is 53.8 Å². The fraction of sp³-hybridized carbons (Fsp3) is 0.444. The lowest BCUT2D eigenvalue weighted by atomic mass is 10.1. The molecule has 1 saturated heterocycles. The number of amides is 1. The lowest BCUT2D eigenvalue weighted by Crippen LogP contribution is -2.41. The molecule has 0 radical (unpaired) electrons. The minimum absolute atomic E-state index is 0.0384. The van der Waals surface area contributed by atoms with Crippen LogP contribution in [0.25, 0.3) is 0 Å². The van der Waals surface area contributed by atoms with Crippen LogP contribution < -0.4 is 4.74 Å². The molecule has 1 atom stereocenters. The van der Waals surface area contributed by atoms with Crippen molar-refractivity contribution < 1.29 is 19.0 Å². The molecule has 132 valence electrons. The zero-order valence-corrected chi connectivity index (χ0v) is 14.2. The van der Waals surface area contributed by atoms with Crippen molar-refractivity contribution in [3.05, 3.63) is 47.5 Å². The molecule has 2 aliphatic heterocycles. The molecule has 0 spiro atoms. The number of nitrogens with zero attached hydrogens (tertiary/aromatic N) is 3. The number of hydrogen-bond acceptors (Lipinski definition) is 5. The zero-order chi connectivity index (χ0) is 17.2. The van der Waals surface area contributed by atoms with Crippen molar-refractivity contribution in [1.29, 1.82) is 0 Å². The Labute approximate surface area is 146 Å². The molecule has 7 nitrogen and oxygen atoms in total. The highest BCUT2D eigenvalue weighted by atomic mass is 16.5. The van der Waals surface area contributed by atoms with Crippen molar-refractivity contribution in [2.24, 2.45) is 0 Å². The van der Waals surface area contributed by atoms with Crippen LogP contribution in [0.5, 0.6) is 5.75 Å². The molecule has 1 unspecified atom stereocenters. The fourth-order valence-corrected chi connectivity index (χ4v) is 3.24. The van der Waals surface area contributed by atoms with Crippen molar-refractivity contribution in [3.63, 3.8) is 0 Å². The molecule has 1 fully saturated rings. The monoisotopic (exact) mass is 343 g/mol. The summed E-state index contributed by atoms with van der Waals surface area (Å²) in [5.41, 5.74) is 2.43. The quantitative estimate of drug-likeness (QED) is 0.848. The topological polar surface area (TPSA) is 65.8 Å². The van der Waals surface area contributed by atoms with Crippen LogP contribution in [-0.2, 0) is 22.6 Å². The number of aromatic nitrogens is 2. The van der Waals surface area contributed by atoms with E-state index < -0.39 is 0 Å². The van der Waals surface area contributed by atoms with Gasteiger partial charge in [-0.3, -0.25) is 4.79 Å². The van der Waals surface area contributed by atoms with Crippen LogP contribution >= 0.6 is 0 Å². The summed E-state index contributed by atoms with van der Waals surface area (Å²) < 4.78 is 18.5.